The summed E-state index contributed by atoms with van der Waals surface area (Å²) >= 11 is 3.35. The third kappa shape index (κ3) is 1.85. The Kier molecular flexibility index (Phi) is 2.71. The molecule has 1 fully saturated rings. The number of aromatic nitrogens is 2. The van der Waals surface area contributed by atoms with Crippen LogP contribution in [0.15, 0.2) is 27.2 Å². The van der Waals surface area contributed by atoms with E-state index in [4.69, 9.17) is 10.3 Å². The first-order valence-corrected chi connectivity index (χ1v) is 6.44. The molecular formula is C12H11BrFN3O. The summed E-state index contributed by atoms with van der Waals surface area (Å²) in [5, 5.41) is 3.90. The van der Waals surface area contributed by atoms with Crippen LogP contribution in [0.25, 0.3) is 11.4 Å². The molecule has 0 radical (unpaired) electrons. The molecular weight excluding hydrogens is 301 g/mol. The molecule has 2 aromatic rings. The minimum atomic E-state index is -0.334. The zero-order chi connectivity index (χ0) is 12.8. The highest BCUT2D eigenvalue weighted by Crippen LogP contribution is 2.46. The van der Waals surface area contributed by atoms with Crippen LogP contribution in [0.1, 0.15) is 18.7 Å². The highest BCUT2D eigenvalue weighted by molar-refractivity contribution is 9.10. The fourth-order valence-electron chi connectivity index (χ4n) is 1.87. The summed E-state index contributed by atoms with van der Waals surface area (Å²) in [7, 11) is 0. The molecule has 0 amide bonds. The molecule has 18 heavy (non-hydrogen) atoms. The van der Waals surface area contributed by atoms with Crippen LogP contribution >= 0.6 is 15.9 Å². The van der Waals surface area contributed by atoms with Crippen LogP contribution in [-0.4, -0.2) is 16.7 Å². The Balaban J connectivity index is 2.00. The second-order valence-corrected chi connectivity index (χ2v) is 5.39. The quantitative estimate of drug-likeness (QED) is 0.946. The fourth-order valence-corrected chi connectivity index (χ4v) is 2.30. The van der Waals surface area contributed by atoms with E-state index >= 15 is 0 Å². The first-order valence-electron chi connectivity index (χ1n) is 5.64. The predicted octanol–water partition coefficient (Wildman–Crippen LogP) is 2.63. The van der Waals surface area contributed by atoms with Crippen molar-refractivity contribution in [3.05, 3.63) is 34.4 Å². The van der Waals surface area contributed by atoms with E-state index in [1.165, 1.54) is 12.1 Å². The maximum atomic E-state index is 13.2. The summed E-state index contributed by atoms with van der Waals surface area (Å²) in [5.74, 6) is 0.603. The Morgan fingerprint density at radius 1 is 1.44 bits per heavy atom. The van der Waals surface area contributed by atoms with Gasteiger partial charge in [0.25, 0.3) is 0 Å². The van der Waals surface area contributed by atoms with Gasteiger partial charge in [0.1, 0.15) is 5.82 Å². The molecule has 0 spiro atoms. The smallest absolute Gasteiger partial charge is 0.234 e. The van der Waals surface area contributed by atoms with Crippen LogP contribution in [0.4, 0.5) is 4.39 Å². The van der Waals surface area contributed by atoms with Gasteiger partial charge in [0.05, 0.1) is 5.41 Å². The molecule has 94 valence electrons. The predicted molar refractivity (Wildman–Crippen MR) is 67.4 cm³/mol. The van der Waals surface area contributed by atoms with Gasteiger partial charge in [-0.15, -0.1) is 0 Å². The summed E-state index contributed by atoms with van der Waals surface area (Å²) < 4.78 is 19.2. The van der Waals surface area contributed by atoms with Crippen LogP contribution in [0.5, 0.6) is 0 Å². The fraction of sp³-hybridized carbons (Fsp3) is 0.333. The van der Waals surface area contributed by atoms with Gasteiger partial charge in [0.2, 0.25) is 11.7 Å². The Morgan fingerprint density at radius 3 is 2.89 bits per heavy atom. The van der Waals surface area contributed by atoms with Gasteiger partial charge in [-0.1, -0.05) is 21.1 Å². The molecule has 3 rings (SSSR count). The van der Waals surface area contributed by atoms with Crippen molar-refractivity contribution in [1.82, 2.24) is 10.1 Å². The van der Waals surface area contributed by atoms with E-state index in [1.807, 2.05) is 0 Å². The van der Waals surface area contributed by atoms with Crippen molar-refractivity contribution in [3.63, 3.8) is 0 Å². The molecule has 0 atom stereocenters. The third-order valence-electron chi connectivity index (χ3n) is 3.29. The summed E-state index contributed by atoms with van der Waals surface area (Å²) in [6.07, 6.45) is 1.94. The molecule has 1 saturated carbocycles. The van der Waals surface area contributed by atoms with E-state index in [0.29, 0.717) is 23.8 Å². The molecule has 1 aromatic carbocycles. The molecule has 0 saturated heterocycles. The minimum absolute atomic E-state index is 0.148. The van der Waals surface area contributed by atoms with Gasteiger partial charge in [-0.05, 0) is 31.0 Å². The summed E-state index contributed by atoms with van der Waals surface area (Å²) in [4.78, 5) is 4.33. The van der Waals surface area contributed by atoms with E-state index in [2.05, 4.69) is 26.1 Å². The van der Waals surface area contributed by atoms with Crippen molar-refractivity contribution >= 4 is 15.9 Å². The largest absolute Gasteiger partial charge is 0.338 e. The van der Waals surface area contributed by atoms with Crippen LogP contribution in [0.3, 0.4) is 0 Å². The van der Waals surface area contributed by atoms with Gasteiger partial charge in [-0.3, -0.25) is 0 Å². The van der Waals surface area contributed by atoms with Crippen molar-refractivity contribution in [2.24, 2.45) is 5.73 Å². The number of benzene rings is 1. The molecule has 0 unspecified atom stereocenters. The van der Waals surface area contributed by atoms with Crippen molar-refractivity contribution in [2.45, 2.75) is 18.3 Å². The minimum Gasteiger partial charge on any atom is -0.338 e. The lowest BCUT2D eigenvalue weighted by Gasteiger charge is -2.03. The molecule has 0 bridgehead atoms. The lowest BCUT2D eigenvalue weighted by molar-refractivity contribution is 0.347. The number of rotatable bonds is 3. The molecule has 1 aliphatic carbocycles. The van der Waals surface area contributed by atoms with Crippen molar-refractivity contribution in [1.29, 1.82) is 0 Å². The second-order valence-electron chi connectivity index (χ2n) is 4.53. The lowest BCUT2D eigenvalue weighted by atomic mass is 10.1. The second kappa shape index (κ2) is 4.13. The summed E-state index contributed by atoms with van der Waals surface area (Å²) in [6, 6.07) is 4.37. The standard InChI is InChI=1S/C12H11BrFN3O/c13-9-2-1-7(14)5-8(9)10-16-11(18-17-10)12(6-15)3-4-12/h1-2,5H,3-4,6,15H2. The van der Waals surface area contributed by atoms with E-state index in [1.54, 1.807) is 6.07 Å². The third-order valence-corrected chi connectivity index (χ3v) is 3.98. The number of hydrogen-bond donors (Lipinski definition) is 1. The molecule has 1 aromatic heterocycles. The Bertz CT molecular complexity index is 595. The van der Waals surface area contributed by atoms with Gasteiger partial charge in [-0.2, -0.15) is 4.98 Å². The molecule has 4 nitrogen and oxygen atoms in total. The number of nitrogens with two attached hydrogens (primary N) is 1. The van der Waals surface area contributed by atoms with E-state index in [0.717, 1.165) is 17.3 Å². The number of halogens is 2. The van der Waals surface area contributed by atoms with Crippen LogP contribution in [0.2, 0.25) is 0 Å². The molecule has 2 N–H and O–H groups in total. The topological polar surface area (TPSA) is 64.9 Å². The van der Waals surface area contributed by atoms with Crippen LogP contribution < -0.4 is 5.73 Å². The highest BCUT2D eigenvalue weighted by atomic mass is 79.9. The Labute approximate surface area is 112 Å². The van der Waals surface area contributed by atoms with Gasteiger partial charge in [-0.25, -0.2) is 4.39 Å². The molecule has 1 aliphatic rings. The van der Waals surface area contributed by atoms with E-state index in [-0.39, 0.29) is 11.2 Å². The highest BCUT2D eigenvalue weighted by Gasteiger charge is 2.48. The zero-order valence-electron chi connectivity index (χ0n) is 9.49. The van der Waals surface area contributed by atoms with E-state index in [9.17, 15) is 4.39 Å². The number of nitrogens with zero attached hydrogens (tertiary/aromatic N) is 2. The van der Waals surface area contributed by atoms with Crippen LogP contribution in [-0.2, 0) is 5.41 Å². The zero-order valence-corrected chi connectivity index (χ0v) is 11.1. The monoisotopic (exact) mass is 311 g/mol. The molecule has 6 heteroatoms. The number of hydrogen-bond acceptors (Lipinski definition) is 4. The van der Waals surface area contributed by atoms with Gasteiger partial charge >= 0.3 is 0 Å². The average molecular weight is 312 g/mol. The van der Waals surface area contributed by atoms with E-state index < -0.39 is 0 Å². The van der Waals surface area contributed by atoms with Crippen molar-refractivity contribution < 1.29 is 8.91 Å². The average Bonchev–Trinajstić information content (AvgIpc) is 3.02. The van der Waals surface area contributed by atoms with Crippen molar-refractivity contribution in [2.75, 3.05) is 6.54 Å². The lowest BCUT2D eigenvalue weighted by Crippen LogP contribution is -2.19. The molecule has 1 heterocycles. The normalized spacial score (nSPS) is 16.8. The van der Waals surface area contributed by atoms with Crippen LogP contribution in [0, 0.1) is 5.82 Å². The van der Waals surface area contributed by atoms with Gasteiger partial charge < -0.3 is 10.3 Å². The van der Waals surface area contributed by atoms with Gasteiger partial charge in [0, 0.05) is 16.6 Å². The first-order chi connectivity index (χ1) is 8.64. The Morgan fingerprint density at radius 2 is 2.22 bits per heavy atom. The SMILES string of the molecule is NCC1(c2nc(-c3cc(F)ccc3Br)no2)CC1. The van der Waals surface area contributed by atoms with Crippen molar-refractivity contribution in [3.8, 4) is 11.4 Å². The summed E-state index contributed by atoms with van der Waals surface area (Å²) in [5.41, 5.74) is 6.14. The Hall–Kier alpha value is -1.27. The maximum absolute atomic E-state index is 13.2. The van der Waals surface area contributed by atoms with Gasteiger partial charge in [0.15, 0.2) is 0 Å². The maximum Gasteiger partial charge on any atom is 0.234 e. The first kappa shape index (κ1) is 11.8. The molecule has 0 aliphatic heterocycles. The summed E-state index contributed by atoms with van der Waals surface area (Å²) in [6.45, 7) is 0.499.